The third-order valence-electron chi connectivity index (χ3n) is 4.49. The minimum atomic E-state index is -3.76. The highest BCUT2D eigenvalue weighted by molar-refractivity contribution is 7.89. The molecule has 1 aliphatic heterocycles. The van der Waals surface area contributed by atoms with Crippen LogP contribution in [-0.4, -0.2) is 45.6 Å². The average Bonchev–Trinajstić information content (AvgIpc) is 2.82. The summed E-state index contributed by atoms with van der Waals surface area (Å²) >= 11 is 0. The molecule has 0 spiro atoms. The van der Waals surface area contributed by atoms with Gasteiger partial charge in [0.2, 0.25) is 10.0 Å². The number of primary sulfonamides is 1. The van der Waals surface area contributed by atoms with Crippen LogP contribution in [0.3, 0.4) is 0 Å². The zero-order chi connectivity index (χ0) is 18.0. The van der Waals surface area contributed by atoms with E-state index in [-0.39, 0.29) is 4.90 Å². The fourth-order valence-electron chi connectivity index (χ4n) is 2.80. The number of rotatable bonds is 5. The molecule has 136 valence electrons. The van der Waals surface area contributed by atoms with E-state index >= 15 is 0 Å². The SMILES string of the molecule is C[C@H](c1ccc(S(N)(=O)=O)cc1)N(C)S(=O)(=O)N1CCCCCC1. The maximum absolute atomic E-state index is 12.8. The van der Waals surface area contributed by atoms with Crippen LogP contribution in [0.4, 0.5) is 0 Å². The van der Waals surface area contributed by atoms with E-state index in [2.05, 4.69) is 0 Å². The Morgan fingerprint density at radius 1 is 1.00 bits per heavy atom. The molecule has 2 rings (SSSR count). The van der Waals surface area contributed by atoms with Gasteiger partial charge in [0.25, 0.3) is 10.2 Å². The molecule has 1 aliphatic rings. The Morgan fingerprint density at radius 3 is 1.96 bits per heavy atom. The van der Waals surface area contributed by atoms with Gasteiger partial charge in [0, 0.05) is 26.2 Å². The molecule has 9 heteroatoms. The second-order valence-electron chi connectivity index (χ2n) is 6.13. The maximum Gasteiger partial charge on any atom is 0.282 e. The summed E-state index contributed by atoms with van der Waals surface area (Å²) in [5, 5.41) is 5.08. The minimum absolute atomic E-state index is 0.0106. The molecule has 0 radical (unpaired) electrons. The van der Waals surface area contributed by atoms with Crippen molar-refractivity contribution in [3.05, 3.63) is 29.8 Å². The molecule has 1 atom stereocenters. The summed E-state index contributed by atoms with van der Waals surface area (Å²) in [7, 11) is -5.75. The summed E-state index contributed by atoms with van der Waals surface area (Å²) in [6, 6.07) is 5.58. The maximum atomic E-state index is 12.8. The zero-order valence-electron chi connectivity index (χ0n) is 14.1. The normalized spacial score (nSPS) is 19.2. The second-order valence-corrected chi connectivity index (χ2v) is 9.68. The van der Waals surface area contributed by atoms with Crippen molar-refractivity contribution in [1.29, 1.82) is 0 Å². The third-order valence-corrected chi connectivity index (χ3v) is 7.48. The second kappa shape index (κ2) is 7.49. The molecule has 2 N–H and O–H groups in total. The van der Waals surface area contributed by atoms with E-state index in [1.54, 1.807) is 26.1 Å². The smallest absolute Gasteiger partial charge is 0.225 e. The van der Waals surface area contributed by atoms with E-state index < -0.39 is 26.3 Å². The first-order valence-electron chi connectivity index (χ1n) is 8.00. The molecule has 1 saturated heterocycles. The van der Waals surface area contributed by atoms with Gasteiger partial charge < -0.3 is 0 Å². The molecular weight excluding hydrogens is 350 g/mol. The van der Waals surface area contributed by atoms with E-state index in [1.807, 2.05) is 0 Å². The van der Waals surface area contributed by atoms with Gasteiger partial charge in [-0.1, -0.05) is 25.0 Å². The van der Waals surface area contributed by atoms with E-state index in [1.165, 1.54) is 20.7 Å². The Hall–Kier alpha value is -1.00. The first-order valence-corrected chi connectivity index (χ1v) is 10.9. The number of hydrogen-bond acceptors (Lipinski definition) is 4. The molecule has 0 aliphatic carbocycles. The molecule has 7 nitrogen and oxygen atoms in total. The Labute approximate surface area is 144 Å². The summed E-state index contributed by atoms with van der Waals surface area (Å²) < 4.78 is 51.1. The fourth-order valence-corrected chi connectivity index (χ4v) is 4.92. The predicted octanol–water partition coefficient (Wildman–Crippen LogP) is 1.45. The van der Waals surface area contributed by atoms with Crippen molar-refractivity contribution in [3.8, 4) is 0 Å². The molecule has 1 aromatic carbocycles. The Balaban J connectivity index is 2.20. The standard InChI is InChI=1S/C15H25N3O4S2/c1-13(14-7-9-15(10-8-14)23(16,19)20)17(2)24(21,22)18-11-5-3-4-6-12-18/h7-10,13H,3-6,11-12H2,1-2H3,(H2,16,19,20)/t13-/m1/s1. The number of benzene rings is 1. The van der Waals surface area contributed by atoms with Crippen LogP contribution >= 0.6 is 0 Å². The number of sulfonamides is 1. The van der Waals surface area contributed by atoms with Crippen LogP contribution in [0.1, 0.15) is 44.2 Å². The monoisotopic (exact) mass is 375 g/mol. The summed E-state index contributed by atoms with van der Waals surface area (Å²) in [6.07, 6.45) is 3.87. The van der Waals surface area contributed by atoms with Crippen LogP contribution in [0.2, 0.25) is 0 Å². The predicted molar refractivity (Wildman–Crippen MR) is 93.0 cm³/mol. The lowest BCUT2D eigenvalue weighted by atomic mass is 10.1. The summed E-state index contributed by atoms with van der Waals surface area (Å²) in [4.78, 5) is 0.0106. The van der Waals surface area contributed by atoms with Crippen molar-refractivity contribution in [1.82, 2.24) is 8.61 Å². The molecule has 1 fully saturated rings. The molecular formula is C15H25N3O4S2. The Morgan fingerprint density at radius 2 is 1.50 bits per heavy atom. The zero-order valence-corrected chi connectivity index (χ0v) is 15.7. The van der Waals surface area contributed by atoms with Crippen molar-refractivity contribution in [3.63, 3.8) is 0 Å². The van der Waals surface area contributed by atoms with Crippen LogP contribution in [0.25, 0.3) is 0 Å². The van der Waals surface area contributed by atoms with Gasteiger partial charge in [0.1, 0.15) is 0 Å². The van der Waals surface area contributed by atoms with Gasteiger partial charge in [-0.25, -0.2) is 13.6 Å². The third kappa shape index (κ3) is 4.34. The Bertz CT molecular complexity index is 752. The van der Waals surface area contributed by atoms with Crippen molar-refractivity contribution in [2.75, 3.05) is 20.1 Å². The largest absolute Gasteiger partial charge is 0.282 e. The molecule has 24 heavy (non-hydrogen) atoms. The van der Waals surface area contributed by atoms with Crippen LogP contribution in [-0.2, 0) is 20.2 Å². The summed E-state index contributed by atoms with van der Waals surface area (Å²) in [5.41, 5.74) is 0.711. The first kappa shape index (κ1) is 19.3. The lowest BCUT2D eigenvalue weighted by Gasteiger charge is -2.30. The molecule has 0 aromatic heterocycles. The Kier molecular flexibility index (Phi) is 6.03. The van der Waals surface area contributed by atoms with Gasteiger partial charge in [-0.15, -0.1) is 0 Å². The van der Waals surface area contributed by atoms with Gasteiger partial charge in [-0.3, -0.25) is 0 Å². The van der Waals surface area contributed by atoms with Crippen molar-refractivity contribution >= 4 is 20.2 Å². The van der Waals surface area contributed by atoms with Crippen LogP contribution in [0.5, 0.6) is 0 Å². The quantitative estimate of drug-likeness (QED) is 0.841. The number of nitrogens with two attached hydrogens (primary N) is 1. The lowest BCUT2D eigenvalue weighted by Crippen LogP contribution is -2.43. The van der Waals surface area contributed by atoms with Crippen LogP contribution in [0.15, 0.2) is 29.2 Å². The molecule has 0 unspecified atom stereocenters. The highest BCUT2D eigenvalue weighted by atomic mass is 32.2. The number of hydrogen-bond donors (Lipinski definition) is 1. The van der Waals surface area contributed by atoms with Crippen molar-refractivity contribution in [2.24, 2.45) is 5.14 Å². The van der Waals surface area contributed by atoms with E-state index in [9.17, 15) is 16.8 Å². The lowest BCUT2D eigenvalue weighted by molar-refractivity contribution is 0.332. The van der Waals surface area contributed by atoms with Crippen molar-refractivity contribution < 1.29 is 16.8 Å². The highest BCUT2D eigenvalue weighted by Crippen LogP contribution is 2.25. The highest BCUT2D eigenvalue weighted by Gasteiger charge is 2.31. The van der Waals surface area contributed by atoms with Crippen molar-refractivity contribution in [2.45, 2.75) is 43.5 Å². The van der Waals surface area contributed by atoms with E-state index in [0.717, 1.165) is 25.7 Å². The van der Waals surface area contributed by atoms with Gasteiger partial charge in [-0.2, -0.15) is 17.0 Å². The topological polar surface area (TPSA) is 101 Å². The molecule has 0 amide bonds. The van der Waals surface area contributed by atoms with Crippen LogP contribution in [0, 0.1) is 0 Å². The van der Waals surface area contributed by atoms with Crippen LogP contribution < -0.4 is 5.14 Å². The van der Waals surface area contributed by atoms with E-state index in [4.69, 9.17) is 5.14 Å². The van der Waals surface area contributed by atoms with E-state index in [0.29, 0.717) is 18.7 Å². The molecule has 0 bridgehead atoms. The summed E-state index contributed by atoms with van der Waals surface area (Å²) in [6.45, 7) is 2.87. The fraction of sp³-hybridized carbons (Fsp3) is 0.600. The average molecular weight is 376 g/mol. The molecule has 0 saturated carbocycles. The van der Waals surface area contributed by atoms with Gasteiger partial charge in [0.05, 0.1) is 4.90 Å². The molecule has 1 heterocycles. The van der Waals surface area contributed by atoms with Gasteiger partial charge in [0.15, 0.2) is 0 Å². The first-order chi connectivity index (χ1) is 11.1. The minimum Gasteiger partial charge on any atom is -0.225 e. The van der Waals surface area contributed by atoms with Gasteiger partial charge in [-0.05, 0) is 37.5 Å². The summed E-state index contributed by atoms with van der Waals surface area (Å²) in [5.74, 6) is 0. The number of nitrogens with zero attached hydrogens (tertiary/aromatic N) is 2. The van der Waals surface area contributed by atoms with Gasteiger partial charge >= 0.3 is 0 Å². The molecule has 1 aromatic rings.